The molecule has 4 nitrogen and oxygen atoms in total. The molecule has 0 saturated carbocycles. The summed E-state index contributed by atoms with van der Waals surface area (Å²) in [5.41, 5.74) is 1.24. The quantitative estimate of drug-likeness (QED) is 0.360. The van der Waals surface area contributed by atoms with E-state index in [0.29, 0.717) is 0 Å². The predicted molar refractivity (Wildman–Crippen MR) is 96.9 cm³/mol. The largest absolute Gasteiger partial charge is 0.394 e. The minimum Gasteiger partial charge on any atom is -0.394 e. The van der Waals surface area contributed by atoms with Gasteiger partial charge in [-0.25, -0.2) is 0 Å². The van der Waals surface area contributed by atoms with Crippen molar-refractivity contribution >= 4 is 0 Å². The number of hydrogen-bond acceptors (Lipinski definition) is 4. The minimum atomic E-state index is -0.0771. The van der Waals surface area contributed by atoms with Crippen molar-refractivity contribution in [2.75, 3.05) is 27.1 Å². The van der Waals surface area contributed by atoms with Gasteiger partial charge in [0.25, 0.3) is 0 Å². The lowest BCUT2D eigenvalue weighted by atomic mass is 10.1. The number of methoxy groups -OCH3 is 1. The number of unbranched alkanes of at least 4 members (excludes halogenated alkanes) is 6. The summed E-state index contributed by atoms with van der Waals surface area (Å²) in [7, 11) is 1.60. The number of hydrogen-bond donors (Lipinski definition) is 1. The summed E-state index contributed by atoms with van der Waals surface area (Å²) >= 11 is 0. The highest BCUT2D eigenvalue weighted by molar-refractivity contribution is 5.13. The maximum absolute atomic E-state index is 9.18. The Hall–Kier alpha value is -0.940. The van der Waals surface area contributed by atoms with E-state index in [1.807, 2.05) is 18.2 Å². The highest BCUT2D eigenvalue weighted by Gasteiger charge is 2.06. The van der Waals surface area contributed by atoms with Crippen LogP contribution in [0, 0.1) is 0 Å². The molecular formula is C20H34O4. The van der Waals surface area contributed by atoms with Gasteiger partial charge >= 0.3 is 0 Å². The van der Waals surface area contributed by atoms with Gasteiger partial charge in [-0.3, -0.25) is 0 Å². The average Bonchev–Trinajstić information content (AvgIpc) is 2.63. The van der Waals surface area contributed by atoms with Gasteiger partial charge < -0.3 is 19.3 Å². The Balaban J connectivity index is 1.82. The second-order valence-electron chi connectivity index (χ2n) is 6.18. The van der Waals surface area contributed by atoms with Gasteiger partial charge in [0.15, 0.2) is 0 Å². The number of aliphatic hydroxyl groups is 1. The van der Waals surface area contributed by atoms with Crippen LogP contribution in [0.2, 0.25) is 0 Å². The van der Waals surface area contributed by atoms with Crippen LogP contribution in [-0.2, 0) is 20.8 Å². The van der Waals surface area contributed by atoms with Crippen molar-refractivity contribution in [1.29, 1.82) is 0 Å². The molecular weight excluding hydrogens is 304 g/mol. The smallest absolute Gasteiger partial charge is 0.146 e. The van der Waals surface area contributed by atoms with Crippen molar-refractivity contribution in [1.82, 2.24) is 0 Å². The number of aliphatic hydroxyl groups excluding tert-OH is 1. The van der Waals surface area contributed by atoms with E-state index < -0.39 is 0 Å². The molecule has 0 aliphatic heterocycles. The Kier molecular flexibility index (Phi) is 13.7. The molecule has 138 valence electrons. The maximum atomic E-state index is 9.18. The van der Waals surface area contributed by atoms with Gasteiger partial charge in [0.05, 0.1) is 19.3 Å². The molecule has 0 heterocycles. The van der Waals surface area contributed by atoms with E-state index in [2.05, 4.69) is 12.1 Å². The number of rotatable bonds is 16. The summed E-state index contributed by atoms with van der Waals surface area (Å²) in [5, 5.41) is 9.18. The Labute approximate surface area is 147 Å². The summed E-state index contributed by atoms with van der Waals surface area (Å²) in [4.78, 5) is 0. The van der Waals surface area contributed by atoms with Gasteiger partial charge in [-0.15, -0.1) is 0 Å². The average molecular weight is 338 g/mol. The van der Waals surface area contributed by atoms with Crippen molar-refractivity contribution in [2.24, 2.45) is 0 Å². The molecule has 1 aromatic carbocycles. The van der Waals surface area contributed by atoms with Gasteiger partial charge in [0, 0.05) is 13.7 Å². The fourth-order valence-electron chi connectivity index (χ4n) is 2.62. The van der Waals surface area contributed by atoms with E-state index in [1.165, 1.54) is 37.7 Å². The molecule has 24 heavy (non-hydrogen) atoms. The lowest BCUT2D eigenvalue weighted by Crippen LogP contribution is -2.18. The van der Waals surface area contributed by atoms with Gasteiger partial charge in [0.2, 0.25) is 0 Å². The lowest BCUT2D eigenvalue weighted by molar-refractivity contribution is -0.0898. The second kappa shape index (κ2) is 15.6. The molecule has 0 aliphatic rings. The summed E-state index contributed by atoms with van der Waals surface area (Å²) in [5.74, 6) is 0. The van der Waals surface area contributed by atoms with Crippen LogP contribution in [0.1, 0.15) is 56.9 Å². The first kappa shape index (κ1) is 21.1. The molecule has 0 radical (unpaired) electrons. The molecule has 1 rings (SSSR count). The van der Waals surface area contributed by atoms with Crippen LogP contribution in [0.25, 0.3) is 0 Å². The lowest BCUT2D eigenvalue weighted by Gasteiger charge is -2.14. The maximum Gasteiger partial charge on any atom is 0.146 e. The molecule has 0 aliphatic carbocycles. The second-order valence-corrected chi connectivity index (χ2v) is 6.18. The fraction of sp³-hybridized carbons (Fsp3) is 0.700. The molecule has 0 bridgehead atoms. The van der Waals surface area contributed by atoms with Gasteiger partial charge in [-0.2, -0.15) is 0 Å². The monoisotopic (exact) mass is 338 g/mol. The first-order chi connectivity index (χ1) is 11.9. The molecule has 0 saturated heterocycles. The van der Waals surface area contributed by atoms with E-state index in [0.717, 1.165) is 32.5 Å². The van der Waals surface area contributed by atoms with Crippen molar-refractivity contribution in [3.05, 3.63) is 35.9 Å². The van der Waals surface area contributed by atoms with Crippen molar-refractivity contribution < 1.29 is 19.3 Å². The topological polar surface area (TPSA) is 47.9 Å². The van der Waals surface area contributed by atoms with Gasteiger partial charge in [0.1, 0.15) is 6.79 Å². The first-order valence-electron chi connectivity index (χ1n) is 9.20. The Morgan fingerprint density at radius 2 is 1.58 bits per heavy atom. The van der Waals surface area contributed by atoms with Crippen LogP contribution in [-0.4, -0.2) is 38.3 Å². The Morgan fingerprint density at radius 3 is 2.25 bits per heavy atom. The van der Waals surface area contributed by atoms with E-state index in [9.17, 15) is 5.11 Å². The molecule has 1 unspecified atom stereocenters. The third kappa shape index (κ3) is 11.6. The third-order valence-corrected chi connectivity index (χ3v) is 4.05. The normalized spacial score (nSPS) is 12.4. The zero-order valence-corrected chi connectivity index (χ0v) is 15.1. The van der Waals surface area contributed by atoms with E-state index in [1.54, 1.807) is 7.11 Å². The van der Waals surface area contributed by atoms with Gasteiger partial charge in [-0.05, 0) is 18.4 Å². The highest BCUT2D eigenvalue weighted by Crippen LogP contribution is 2.11. The standard InChI is InChI=1S/C20H34O4/c1-22-18-24-20(16-21)14-10-5-3-2-4-6-11-15-23-17-19-12-8-7-9-13-19/h7-9,12-13,20-21H,2-6,10-11,14-18H2,1H3. The zero-order chi connectivity index (χ0) is 17.3. The number of ether oxygens (including phenoxy) is 3. The van der Waals surface area contributed by atoms with Crippen LogP contribution < -0.4 is 0 Å². The van der Waals surface area contributed by atoms with Crippen LogP contribution in [0.5, 0.6) is 0 Å². The number of benzene rings is 1. The molecule has 4 heteroatoms. The van der Waals surface area contributed by atoms with E-state index >= 15 is 0 Å². The molecule has 1 atom stereocenters. The summed E-state index contributed by atoms with van der Waals surface area (Å²) in [6.45, 7) is 1.91. The van der Waals surface area contributed by atoms with Gasteiger partial charge in [-0.1, -0.05) is 68.9 Å². The van der Waals surface area contributed by atoms with Crippen molar-refractivity contribution in [3.63, 3.8) is 0 Å². The third-order valence-electron chi connectivity index (χ3n) is 4.05. The molecule has 0 aromatic heterocycles. The van der Waals surface area contributed by atoms with E-state index in [4.69, 9.17) is 14.2 Å². The summed E-state index contributed by atoms with van der Waals surface area (Å²) in [6.07, 6.45) is 9.34. The molecule has 1 N–H and O–H groups in total. The summed E-state index contributed by atoms with van der Waals surface area (Å²) < 4.78 is 15.9. The Bertz CT molecular complexity index is 369. The van der Waals surface area contributed by atoms with Crippen LogP contribution in [0.15, 0.2) is 30.3 Å². The van der Waals surface area contributed by atoms with Crippen LogP contribution in [0.3, 0.4) is 0 Å². The summed E-state index contributed by atoms with van der Waals surface area (Å²) in [6, 6.07) is 10.3. The first-order valence-corrected chi connectivity index (χ1v) is 9.20. The molecule has 1 aromatic rings. The highest BCUT2D eigenvalue weighted by atomic mass is 16.7. The zero-order valence-electron chi connectivity index (χ0n) is 15.1. The molecule has 0 amide bonds. The Morgan fingerprint density at radius 1 is 0.917 bits per heavy atom. The van der Waals surface area contributed by atoms with Crippen LogP contribution >= 0.6 is 0 Å². The molecule has 0 spiro atoms. The predicted octanol–water partition coefficient (Wildman–Crippen LogP) is 4.31. The molecule has 0 fully saturated rings. The van der Waals surface area contributed by atoms with Crippen molar-refractivity contribution in [3.8, 4) is 0 Å². The fourth-order valence-corrected chi connectivity index (χ4v) is 2.62. The van der Waals surface area contributed by atoms with Crippen molar-refractivity contribution in [2.45, 2.75) is 64.1 Å². The SMILES string of the molecule is COCOC(CO)CCCCCCCCCOCc1ccccc1. The van der Waals surface area contributed by atoms with Crippen LogP contribution in [0.4, 0.5) is 0 Å². The van der Waals surface area contributed by atoms with E-state index in [-0.39, 0.29) is 19.5 Å². The minimum absolute atomic E-state index is 0.0757.